The van der Waals surface area contributed by atoms with Gasteiger partial charge in [-0.25, -0.2) is 0 Å². The van der Waals surface area contributed by atoms with Crippen LogP contribution in [-0.2, 0) is 4.74 Å². The van der Waals surface area contributed by atoms with Crippen molar-refractivity contribution in [1.82, 2.24) is 0 Å². The summed E-state index contributed by atoms with van der Waals surface area (Å²) in [6.07, 6.45) is 2.38. The van der Waals surface area contributed by atoms with Gasteiger partial charge in [0.2, 0.25) is 0 Å². The molecule has 2 heterocycles. The van der Waals surface area contributed by atoms with Crippen LogP contribution in [0.15, 0.2) is 22.1 Å². The van der Waals surface area contributed by atoms with Gasteiger partial charge in [-0.1, -0.05) is 28.8 Å². The van der Waals surface area contributed by atoms with Crippen LogP contribution in [0.2, 0.25) is 10.0 Å². The fourth-order valence-electron chi connectivity index (χ4n) is 3.18. The summed E-state index contributed by atoms with van der Waals surface area (Å²) in [5.41, 5.74) is 2.90. The van der Waals surface area contributed by atoms with E-state index in [4.69, 9.17) is 32.4 Å². The molecule has 2 atom stereocenters. The predicted octanol–water partition coefficient (Wildman–Crippen LogP) is 5.78. The van der Waals surface area contributed by atoms with Crippen LogP contribution in [0.25, 0.3) is 17.0 Å². The molecular weight excluding hydrogens is 333 g/mol. The Morgan fingerprint density at radius 1 is 1.17 bits per heavy atom. The number of anilines is 1. The van der Waals surface area contributed by atoms with Crippen molar-refractivity contribution < 1.29 is 9.15 Å². The SMILES string of the molecule is CC(C)=Cc1oc2c(Cl)cc(Cl)cc2c1N1C[C@@H](C)O[C@@H](C)C1. The Hall–Kier alpha value is -1.16. The van der Waals surface area contributed by atoms with E-state index in [1.165, 1.54) is 5.57 Å². The van der Waals surface area contributed by atoms with Gasteiger partial charge in [-0.05, 0) is 45.9 Å². The zero-order chi connectivity index (χ0) is 16.7. The average molecular weight is 354 g/mol. The molecule has 0 amide bonds. The van der Waals surface area contributed by atoms with E-state index in [-0.39, 0.29) is 12.2 Å². The zero-order valence-corrected chi connectivity index (χ0v) is 15.3. The first-order valence-corrected chi connectivity index (χ1v) is 8.57. The quantitative estimate of drug-likeness (QED) is 0.684. The van der Waals surface area contributed by atoms with Crippen LogP contribution in [-0.4, -0.2) is 25.3 Å². The lowest BCUT2D eigenvalue weighted by Gasteiger charge is -2.36. The summed E-state index contributed by atoms with van der Waals surface area (Å²) in [5.74, 6) is 0.825. The Bertz CT molecular complexity index is 752. The van der Waals surface area contributed by atoms with Gasteiger partial charge in [0.25, 0.3) is 0 Å². The summed E-state index contributed by atoms with van der Waals surface area (Å²) in [6, 6.07) is 3.64. The minimum Gasteiger partial charge on any atom is -0.453 e. The van der Waals surface area contributed by atoms with Gasteiger partial charge in [0.05, 0.1) is 22.9 Å². The van der Waals surface area contributed by atoms with Crippen LogP contribution in [0.1, 0.15) is 33.5 Å². The number of morpholine rings is 1. The number of nitrogens with zero attached hydrogens (tertiary/aromatic N) is 1. The maximum Gasteiger partial charge on any atom is 0.155 e. The number of furan rings is 1. The molecule has 1 aliphatic rings. The third kappa shape index (κ3) is 3.37. The first kappa shape index (κ1) is 16.7. The summed E-state index contributed by atoms with van der Waals surface area (Å²) in [7, 11) is 0. The van der Waals surface area contributed by atoms with E-state index in [9.17, 15) is 0 Å². The highest BCUT2D eigenvalue weighted by atomic mass is 35.5. The Morgan fingerprint density at radius 2 is 1.83 bits per heavy atom. The number of hydrogen-bond donors (Lipinski definition) is 0. The minimum absolute atomic E-state index is 0.165. The fraction of sp³-hybridized carbons (Fsp3) is 0.444. The van der Waals surface area contributed by atoms with Gasteiger partial charge in [0.1, 0.15) is 0 Å². The molecule has 0 N–H and O–H groups in total. The number of ether oxygens (including phenoxy) is 1. The smallest absolute Gasteiger partial charge is 0.155 e. The molecule has 3 nitrogen and oxygen atoms in total. The predicted molar refractivity (Wildman–Crippen MR) is 97.8 cm³/mol. The summed E-state index contributed by atoms with van der Waals surface area (Å²) in [4.78, 5) is 2.31. The molecule has 3 rings (SSSR count). The van der Waals surface area contributed by atoms with Crippen LogP contribution in [0.3, 0.4) is 0 Å². The van der Waals surface area contributed by atoms with Gasteiger partial charge < -0.3 is 14.1 Å². The molecule has 1 aliphatic heterocycles. The van der Waals surface area contributed by atoms with E-state index in [1.807, 2.05) is 12.1 Å². The van der Waals surface area contributed by atoms with E-state index in [0.29, 0.717) is 15.6 Å². The summed E-state index contributed by atoms with van der Waals surface area (Å²) in [6.45, 7) is 9.91. The van der Waals surface area contributed by atoms with E-state index in [0.717, 1.165) is 29.9 Å². The molecule has 5 heteroatoms. The van der Waals surface area contributed by atoms with Crippen LogP contribution in [0.4, 0.5) is 5.69 Å². The third-order valence-corrected chi connectivity index (χ3v) is 4.36. The van der Waals surface area contributed by atoms with Gasteiger partial charge in [0, 0.05) is 23.5 Å². The monoisotopic (exact) mass is 353 g/mol. The first-order valence-electron chi connectivity index (χ1n) is 7.82. The molecule has 23 heavy (non-hydrogen) atoms. The summed E-state index contributed by atoms with van der Waals surface area (Å²) < 4.78 is 11.9. The van der Waals surface area contributed by atoms with Gasteiger partial charge in [-0.15, -0.1) is 0 Å². The Labute approximate surface area is 146 Å². The average Bonchev–Trinajstić information content (AvgIpc) is 2.75. The van der Waals surface area contributed by atoms with Crippen molar-refractivity contribution in [3.05, 3.63) is 33.5 Å². The highest BCUT2D eigenvalue weighted by Crippen LogP contribution is 2.41. The first-order chi connectivity index (χ1) is 10.8. The van der Waals surface area contributed by atoms with E-state index in [2.05, 4.69) is 32.6 Å². The molecule has 124 valence electrons. The number of halogens is 2. The van der Waals surface area contributed by atoms with E-state index in [1.54, 1.807) is 6.07 Å². The number of hydrogen-bond acceptors (Lipinski definition) is 3. The molecule has 0 spiro atoms. The lowest BCUT2D eigenvalue weighted by Crippen LogP contribution is -2.45. The summed E-state index contributed by atoms with van der Waals surface area (Å²) in [5, 5.41) is 2.11. The van der Waals surface area contributed by atoms with Crippen molar-refractivity contribution in [2.45, 2.75) is 39.9 Å². The normalized spacial score (nSPS) is 21.7. The van der Waals surface area contributed by atoms with Crippen LogP contribution in [0, 0.1) is 0 Å². The van der Waals surface area contributed by atoms with Crippen LogP contribution >= 0.6 is 23.2 Å². The molecule has 0 bridgehead atoms. The van der Waals surface area contributed by atoms with Crippen molar-refractivity contribution in [1.29, 1.82) is 0 Å². The molecule has 1 aromatic carbocycles. The molecule has 0 aliphatic carbocycles. The fourth-order valence-corrected chi connectivity index (χ4v) is 3.71. The second-order valence-corrected chi connectivity index (χ2v) is 7.31. The highest BCUT2D eigenvalue weighted by molar-refractivity contribution is 6.38. The lowest BCUT2D eigenvalue weighted by atomic mass is 10.1. The molecule has 0 saturated carbocycles. The van der Waals surface area contributed by atoms with E-state index >= 15 is 0 Å². The van der Waals surface area contributed by atoms with Crippen LogP contribution < -0.4 is 4.90 Å². The van der Waals surface area contributed by atoms with Gasteiger partial charge in [-0.3, -0.25) is 0 Å². The molecular formula is C18H21Cl2NO2. The molecule has 1 aromatic heterocycles. The van der Waals surface area contributed by atoms with E-state index < -0.39 is 0 Å². The second kappa shape index (κ2) is 6.39. The highest BCUT2D eigenvalue weighted by Gasteiger charge is 2.28. The number of fused-ring (bicyclic) bond motifs is 1. The van der Waals surface area contributed by atoms with Crippen molar-refractivity contribution in [2.75, 3.05) is 18.0 Å². The van der Waals surface area contributed by atoms with Gasteiger partial charge in [0.15, 0.2) is 11.3 Å². The second-order valence-electron chi connectivity index (χ2n) is 6.46. The molecule has 1 fully saturated rings. The maximum absolute atomic E-state index is 6.34. The molecule has 0 radical (unpaired) electrons. The van der Waals surface area contributed by atoms with Gasteiger partial charge >= 0.3 is 0 Å². The standard InChI is InChI=1S/C18H21Cl2NO2/c1-10(2)5-16-17(21-8-11(3)22-12(4)9-21)14-6-13(19)7-15(20)18(14)23-16/h5-7,11-12H,8-9H2,1-4H3/t11-,12+. The molecule has 2 aromatic rings. The summed E-state index contributed by atoms with van der Waals surface area (Å²) >= 11 is 12.6. The Kier molecular flexibility index (Phi) is 4.63. The van der Waals surface area contributed by atoms with Crippen molar-refractivity contribution in [3.8, 4) is 0 Å². The zero-order valence-electron chi connectivity index (χ0n) is 13.8. The lowest BCUT2D eigenvalue weighted by molar-refractivity contribution is -0.00517. The Balaban J connectivity index is 2.21. The van der Waals surface area contributed by atoms with Gasteiger partial charge in [-0.2, -0.15) is 0 Å². The van der Waals surface area contributed by atoms with Crippen molar-refractivity contribution >= 4 is 45.9 Å². The topological polar surface area (TPSA) is 25.6 Å². The van der Waals surface area contributed by atoms with Crippen LogP contribution in [0.5, 0.6) is 0 Å². The number of benzene rings is 1. The maximum atomic E-state index is 6.34. The number of allylic oxidation sites excluding steroid dienone is 1. The Morgan fingerprint density at radius 3 is 2.43 bits per heavy atom. The minimum atomic E-state index is 0.165. The largest absolute Gasteiger partial charge is 0.453 e. The van der Waals surface area contributed by atoms with Crippen molar-refractivity contribution in [3.63, 3.8) is 0 Å². The number of rotatable bonds is 2. The molecule has 0 unspecified atom stereocenters. The molecule has 1 saturated heterocycles. The van der Waals surface area contributed by atoms with Crippen molar-refractivity contribution in [2.24, 2.45) is 0 Å². The third-order valence-electron chi connectivity index (χ3n) is 3.86.